The van der Waals surface area contributed by atoms with E-state index in [4.69, 9.17) is 0 Å². The number of ether oxygens (including phenoxy) is 2. The molecule has 0 amide bonds. The fourth-order valence-electron chi connectivity index (χ4n) is 1.02. The van der Waals surface area contributed by atoms with Crippen LogP contribution in [0.5, 0.6) is 5.75 Å². The summed E-state index contributed by atoms with van der Waals surface area (Å²) in [4.78, 5) is 11.1. The van der Waals surface area contributed by atoms with Crippen LogP contribution in [0.3, 0.4) is 0 Å². The number of rotatable bonds is 3. The third kappa shape index (κ3) is 3.23. The molecule has 0 aliphatic rings. The van der Waals surface area contributed by atoms with Crippen molar-refractivity contribution in [2.45, 2.75) is 12.3 Å². The van der Waals surface area contributed by atoms with Gasteiger partial charge in [0.25, 0.3) is 6.10 Å². The highest BCUT2D eigenvalue weighted by atomic mass is 19.4. The van der Waals surface area contributed by atoms with E-state index in [1.807, 2.05) is 0 Å². The van der Waals surface area contributed by atoms with Gasteiger partial charge in [0.15, 0.2) is 0 Å². The van der Waals surface area contributed by atoms with Gasteiger partial charge in [-0.1, -0.05) is 18.2 Å². The number of para-hydroxylation sites is 1. The number of hydrogen-bond donors (Lipinski definition) is 0. The van der Waals surface area contributed by atoms with Gasteiger partial charge in [0.05, 0.1) is 0 Å². The maximum atomic E-state index is 12.2. The highest BCUT2D eigenvalue weighted by Gasteiger charge is 2.46. The van der Waals surface area contributed by atoms with Crippen LogP contribution in [0.1, 0.15) is 0 Å². The minimum atomic E-state index is -4.78. The Morgan fingerprint density at radius 2 is 1.81 bits per heavy atom. The van der Waals surface area contributed by atoms with Gasteiger partial charge in [-0.2, -0.15) is 13.2 Å². The molecule has 0 aliphatic carbocycles. The number of carbonyl (C=O) groups is 1. The number of esters is 1. The molecule has 0 spiro atoms. The van der Waals surface area contributed by atoms with E-state index >= 15 is 0 Å². The molecule has 0 saturated carbocycles. The van der Waals surface area contributed by atoms with E-state index in [1.165, 1.54) is 24.3 Å². The third-order valence-electron chi connectivity index (χ3n) is 1.71. The van der Waals surface area contributed by atoms with Crippen molar-refractivity contribution in [3.05, 3.63) is 30.3 Å². The lowest BCUT2D eigenvalue weighted by Crippen LogP contribution is -2.40. The van der Waals surface area contributed by atoms with Crippen molar-refractivity contribution in [3.63, 3.8) is 0 Å². The maximum Gasteiger partial charge on any atom is 0.425 e. The Labute approximate surface area is 89.8 Å². The fraction of sp³-hybridized carbons (Fsp3) is 0.300. The Bertz CT molecular complexity index is 348. The first-order chi connectivity index (χ1) is 7.45. The lowest BCUT2D eigenvalue weighted by molar-refractivity contribution is -0.219. The molecule has 0 radical (unpaired) electrons. The molecule has 0 aliphatic heterocycles. The molecule has 6 heteroatoms. The lowest BCUT2D eigenvalue weighted by Gasteiger charge is -2.16. The Balaban J connectivity index is 2.71. The summed E-state index contributed by atoms with van der Waals surface area (Å²) in [6, 6.07) is 7.48. The van der Waals surface area contributed by atoms with E-state index in [2.05, 4.69) is 9.47 Å². The van der Waals surface area contributed by atoms with E-state index < -0.39 is 18.2 Å². The molecule has 0 heterocycles. The smallest absolute Gasteiger partial charge is 0.424 e. The molecule has 0 saturated heterocycles. The van der Waals surface area contributed by atoms with E-state index in [0.29, 0.717) is 0 Å². The van der Waals surface area contributed by atoms with Crippen molar-refractivity contribution in [2.75, 3.05) is 7.11 Å². The van der Waals surface area contributed by atoms with Crippen molar-refractivity contribution >= 4 is 5.97 Å². The number of methoxy groups -OCH3 is 1. The molecule has 88 valence electrons. The monoisotopic (exact) mass is 234 g/mol. The summed E-state index contributed by atoms with van der Waals surface area (Å²) in [7, 11) is 0.796. The van der Waals surface area contributed by atoms with E-state index in [9.17, 15) is 18.0 Å². The van der Waals surface area contributed by atoms with E-state index in [-0.39, 0.29) is 5.75 Å². The summed E-state index contributed by atoms with van der Waals surface area (Å²) in [6.45, 7) is 0. The molecule has 1 rings (SSSR count). The van der Waals surface area contributed by atoms with Crippen LogP contribution < -0.4 is 4.74 Å². The SMILES string of the molecule is COC(C(=O)Oc1ccccc1)C(F)(F)F. The normalized spacial score (nSPS) is 13.2. The van der Waals surface area contributed by atoms with Crippen LogP contribution >= 0.6 is 0 Å². The van der Waals surface area contributed by atoms with Crippen molar-refractivity contribution in [1.82, 2.24) is 0 Å². The molecule has 0 bridgehead atoms. The summed E-state index contributed by atoms with van der Waals surface area (Å²) in [5.41, 5.74) is 0. The summed E-state index contributed by atoms with van der Waals surface area (Å²) in [5, 5.41) is 0. The number of carbonyl (C=O) groups excluding carboxylic acids is 1. The lowest BCUT2D eigenvalue weighted by atomic mass is 10.3. The van der Waals surface area contributed by atoms with Crippen molar-refractivity contribution < 1.29 is 27.4 Å². The van der Waals surface area contributed by atoms with Crippen molar-refractivity contribution in [3.8, 4) is 5.75 Å². The van der Waals surface area contributed by atoms with Crippen molar-refractivity contribution in [2.24, 2.45) is 0 Å². The van der Waals surface area contributed by atoms with Crippen LogP contribution in [-0.4, -0.2) is 25.4 Å². The highest BCUT2D eigenvalue weighted by Crippen LogP contribution is 2.24. The number of halogens is 3. The van der Waals surface area contributed by atoms with Crippen LogP contribution in [0.4, 0.5) is 13.2 Å². The fourth-order valence-corrected chi connectivity index (χ4v) is 1.02. The third-order valence-corrected chi connectivity index (χ3v) is 1.71. The predicted octanol–water partition coefficient (Wildman–Crippen LogP) is 2.17. The number of hydrogen-bond acceptors (Lipinski definition) is 3. The zero-order chi connectivity index (χ0) is 12.2. The molecule has 3 nitrogen and oxygen atoms in total. The molecule has 0 N–H and O–H groups in total. The number of alkyl halides is 3. The Morgan fingerprint density at radius 3 is 2.25 bits per heavy atom. The second kappa shape index (κ2) is 4.98. The van der Waals surface area contributed by atoms with Gasteiger partial charge < -0.3 is 9.47 Å². The maximum absolute atomic E-state index is 12.2. The van der Waals surface area contributed by atoms with Gasteiger partial charge in [0.2, 0.25) is 0 Å². The van der Waals surface area contributed by atoms with Crippen LogP contribution in [-0.2, 0) is 9.53 Å². The molecular weight excluding hydrogens is 225 g/mol. The van der Waals surface area contributed by atoms with Crippen LogP contribution in [0, 0.1) is 0 Å². The van der Waals surface area contributed by atoms with Crippen LogP contribution in [0.15, 0.2) is 30.3 Å². The van der Waals surface area contributed by atoms with Gasteiger partial charge in [-0.05, 0) is 12.1 Å². The van der Waals surface area contributed by atoms with Crippen LogP contribution in [0.2, 0.25) is 0 Å². The Kier molecular flexibility index (Phi) is 3.89. The molecule has 0 fully saturated rings. The van der Waals surface area contributed by atoms with Gasteiger partial charge in [-0.25, -0.2) is 4.79 Å². The Hall–Kier alpha value is -1.56. The summed E-state index contributed by atoms with van der Waals surface area (Å²) in [5.74, 6) is -1.44. The minimum absolute atomic E-state index is 0.0406. The van der Waals surface area contributed by atoms with Crippen molar-refractivity contribution in [1.29, 1.82) is 0 Å². The zero-order valence-corrected chi connectivity index (χ0v) is 8.32. The number of benzene rings is 1. The molecular formula is C10H9F3O3. The first kappa shape index (κ1) is 12.5. The molecule has 1 atom stereocenters. The first-order valence-corrected chi connectivity index (χ1v) is 4.31. The standard InChI is InChI=1S/C10H9F3O3/c1-15-8(10(11,12)13)9(14)16-7-5-3-2-4-6-7/h2-6,8H,1H3. The van der Waals surface area contributed by atoms with E-state index in [0.717, 1.165) is 7.11 Å². The average Bonchev–Trinajstić information content (AvgIpc) is 2.17. The summed E-state index contributed by atoms with van der Waals surface area (Å²) >= 11 is 0. The first-order valence-electron chi connectivity index (χ1n) is 4.31. The van der Waals surface area contributed by atoms with Gasteiger partial charge in [0.1, 0.15) is 5.75 Å². The summed E-state index contributed by atoms with van der Waals surface area (Å²) < 4.78 is 45.3. The van der Waals surface area contributed by atoms with Gasteiger partial charge in [-0.15, -0.1) is 0 Å². The average molecular weight is 234 g/mol. The Morgan fingerprint density at radius 1 is 1.25 bits per heavy atom. The zero-order valence-electron chi connectivity index (χ0n) is 8.32. The van der Waals surface area contributed by atoms with Gasteiger partial charge in [0, 0.05) is 7.11 Å². The minimum Gasteiger partial charge on any atom is -0.424 e. The molecule has 16 heavy (non-hydrogen) atoms. The quantitative estimate of drug-likeness (QED) is 0.594. The summed E-state index contributed by atoms with van der Waals surface area (Å²) in [6.07, 6.45) is -7.34. The molecule has 1 unspecified atom stereocenters. The highest BCUT2D eigenvalue weighted by molar-refractivity contribution is 5.78. The second-order valence-corrected chi connectivity index (χ2v) is 2.89. The van der Waals surface area contributed by atoms with E-state index in [1.54, 1.807) is 6.07 Å². The molecule has 1 aromatic carbocycles. The van der Waals surface area contributed by atoms with Gasteiger partial charge >= 0.3 is 12.1 Å². The predicted molar refractivity (Wildman–Crippen MR) is 48.9 cm³/mol. The molecule has 0 aromatic heterocycles. The largest absolute Gasteiger partial charge is 0.425 e. The van der Waals surface area contributed by atoms with Gasteiger partial charge in [-0.3, -0.25) is 0 Å². The second-order valence-electron chi connectivity index (χ2n) is 2.89. The molecule has 1 aromatic rings. The topological polar surface area (TPSA) is 35.5 Å². The van der Waals surface area contributed by atoms with Crippen LogP contribution in [0.25, 0.3) is 0 Å².